The number of hydrogen-bond acceptors (Lipinski definition) is 5. The summed E-state index contributed by atoms with van der Waals surface area (Å²) in [5, 5.41) is 4.25. The second-order valence-corrected chi connectivity index (χ2v) is 7.08. The summed E-state index contributed by atoms with van der Waals surface area (Å²) in [6.45, 7) is 5.21. The van der Waals surface area contributed by atoms with E-state index < -0.39 is 0 Å². The Morgan fingerprint density at radius 2 is 2.11 bits per heavy atom. The van der Waals surface area contributed by atoms with Crippen molar-refractivity contribution in [2.45, 2.75) is 25.6 Å². The summed E-state index contributed by atoms with van der Waals surface area (Å²) >= 11 is 0. The minimum atomic E-state index is -0.0236. The molecular formula is C20H26N4O3. The summed E-state index contributed by atoms with van der Waals surface area (Å²) in [6.07, 6.45) is 4.53. The molecule has 2 aliphatic rings. The van der Waals surface area contributed by atoms with Gasteiger partial charge >= 0.3 is 0 Å². The molecule has 0 radical (unpaired) electrons. The first-order valence-electron chi connectivity index (χ1n) is 9.58. The van der Waals surface area contributed by atoms with Crippen molar-refractivity contribution in [2.75, 3.05) is 39.4 Å². The van der Waals surface area contributed by atoms with Crippen molar-refractivity contribution in [3.8, 4) is 5.75 Å². The maximum atomic E-state index is 13.0. The number of para-hydroxylation sites is 1. The SMILES string of the molecule is O=C(CN1CCOc2ccccc2C1)N1CCCO[C@@H](Cn2cccn2)C1. The minimum absolute atomic E-state index is 0.0236. The van der Waals surface area contributed by atoms with Crippen LogP contribution in [0.25, 0.3) is 0 Å². The summed E-state index contributed by atoms with van der Waals surface area (Å²) < 4.78 is 13.6. The van der Waals surface area contributed by atoms with Crippen LogP contribution in [0.4, 0.5) is 0 Å². The third-order valence-electron chi connectivity index (χ3n) is 5.04. The van der Waals surface area contributed by atoms with E-state index in [-0.39, 0.29) is 12.0 Å². The van der Waals surface area contributed by atoms with Crippen LogP contribution in [0.2, 0.25) is 0 Å². The van der Waals surface area contributed by atoms with E-state index in [1.807, 2.05) is 40.0 Å². The Morgan fingerprint density at radius 1 is 1.19 bits per heavy atom. The molecule has 27 heavy (non-hydrogen) atoms. The van der Waals surface area contributed by atoms with Gasteiger partial charge in [0.25, 0.3) is 0 Å². The van der Waals surface area contributed by atoms with Gasteiger partial charge < -0.3 is 14.4 Å². The van der Waals surface area contributed by atoms with E-state index in [0.717, 1.165) is 37.4 Å². The fourth-order valence-corrected chi connectivity index (χ4v) is 3.66. The molecule has 1 aromatic heterocycles. The molecule has 0 unspecified atom stereocenters. The van der Waals surface area contributed by atoms with Gasteiger partial charge in [-0.2, -0.15) is 5.10 Å². The van der Waals surface area contributed by atoms with E-state index in [1.54, 1.807) is 6.20 Å². The number of nitrogens with zero attached hydrogens (tertiary/aromatic N) is 4. The van der Waals surface area contributed by atoms with Gasteiger partial charge in [0, 0.05) is 50.7 Å². The van der Waals surface area contributed by atoms with Crippen LogP contribution in [0.3, 0.4) is 0 Å². The van der Waals surface area contributed by atoms with E-state index >= 15 is 0 Å². The average Bonchev–Trinajstić information content (AvgIpc) is 2.95. The van der Waals surface area contributed by atoms with E-state index in [1.165, 1.54) is 0 Å². The number of hydrogen-bond donors (Lipinski definition) is 0. The van der Waals surface area contributed by atoms with Gasteiger partial charge in [0.2, 0.25) is 5.91 Å². The Morgan fingerprint density at radius 3 is 3.00 bits per heavy atom. The smallest absolute Gasteiger partial charge is 0.236 e. The van der Waals surface area contributed by atoms with Crippen LogP contribution < -0.4 is 4.74 Å². The molecule has 1 fully saturated rings. The highest BCUT2D eigenvalue weighted by atomic mass is 16.5. The zero-order chi connectivity index (χ0) is 18.5. The van der Waals surface area contributed by atoms with Gasteiger partial charge in [-0.15, -0.1) is 0 Å². The quantitative estimate of drug-likeness (QED) is 0.814. The molecule has 7 nitrogen and oxygen atoms in total. The molecule has 144 valence electrons. The average molecular weight is 370 g/mol. The fraction of sp³-hybridized carbons (Fsp3) is 0.500. The van der Waals surface area contributed by atoms with Crippen LogP contribution in [0.15, 0.2) is 42.7 Å². The third kappa shape index (κ3) is 4.67. The van der Waals surface area contributed by atoms with Gasteiger partial charge in [-0.05, 0) is 18.6 Å². The molecule has 7 heteroatoms. The Kier molecular flexibility index (Phi) is 5.69. The van der Waals surface area contributed by atoms with Gasteiger partial charge in [0.05, 0.1) is 19.2 Å². The number of carbonyl (C=O) groups excluding carboxylic acids is 1. The van der Waals surface area contributed by atoms with Gasteiger partial charge in [0.1, 0.15) is 12.4 Å². The highest BCUT2D eigenvalue weighted by Crippen LogP contribution is 2.22. The van der Waals surface area contributed by atoms with Crippen LogP contribution in [-0.2, 0) is 22.6 Å². The molecule has 3 heterocycles. The predicted molar refractivity (Wildman–Crippen MR) is 100 cm³/mol. The molecule has 1 atom stereocenters. The van der Waals surface area contributed by atoms with Gasteiger partial charge in [-0.1, -0.05) is 18.2 Å². The Labute approximate surface area is 159 Å². The Bertz CT molecular complexity index is 749. The van der Waals surface area contributed by atoms with Crippen molar-refractivity contribution in [3.05, 3.63) is 48.3 Å². The van der Waals surface area contributed by atoms with E-state index in [2.05, 4.69) is 16.1 Å². The Hall–Kier alpha value is -2.38. The van der Waals surface area contributed by atoms with Crippen LogP contribution in [0.1, 0.15) is 12.0 Å². The van der Waals surface area contributed by atoms with Gasteiger partial charge in [0.15, 0.2) is 0 Å². The second-order valence-electron chi connectivity index (χ2n) is 7.08. The summed E-state index contributed by atoms with van der Waals surface area (Å²) in [5.41, 5.74) is 1.14. The number of aromatic nitrogens is 2. The molecule has 0 aliphatic carbocycles. The number of ether oxygens (including phenoxy) is 2. The van der Waals surface area contributed by atoms with Crippen molar-refractivity contribution < 1.29 is 14.3 Å². The maximum Gasteiger partial charge on any atom is 0.236 e. The Balaban J connectivity index is 1.36. The predicted octanol–water partition coefficient (Wildman–Crippen LogP) is 1.40. The van der Waals surface area contributed by atoms with Crippen molar-refractivity contribution in [2.24, 2.45) is 0 Å². The van der Waals surface area contributed by atoms with Crippen molar-refractivity contribution >= 4 is 5.91 Å². The monoisotopic (exact) mass is 370 g/mol. The lowest BCUT2D eigenvalue weighted by Crippen LogP contribution is -2.44. The van der Waals surface area contributed by atoms with Crippen LogP contribution in [0, 0.1) is 0 Å². The van der Waals surface area contributed by atoms with E-state index in [9.17, 15) is 4.79 Å². The minimum Gasteiger partial charge on any atom is -0.492 e. The highest BCUT2D eigenvalue weighted by Gasteiger charge is 2.25. The van der Waals surface area contributed by atoms with Gasteiger partial charge in [-0.3, -0.25) is 14.4 Å². The number of rotatable bonds is 4. The first-order chi connectivity index (χ1) is 13.3. The standard InChI is InChI=1S/C20H26N4O3/c25-20(16-22-10-12-27-19-6-2-1-5-17(19)13-22)23-8-4-11-26-18(14-23)15-24-9-3-7-21-24/h1-3,5-7,9,18H,4,8,10-16H2/t18-/m1/s1. The first-order valence-corrected chi connectivity index (χ1v) is 9.58. The number of fused-ring (bicyclic) bond motifs is 1. The lowest BCUT2D eigenvalue weighted by Gasteiger charge is -2.27. The molecule has 1 aromatic carbocycles. The zero-order valence-electron chi connectivity index (χ0n) is 15.5. The molecule has 0 saturated carbocycles. The normalized spacial score (nSPS) is 21.0. The topological polar surface area (TPSA) is 59.8 Å². The van der Waals surface area contributed by atoms with Crippen molar-refractivity contribution in [1.29, 1.82) is 0 Å². The molecule has 4 rings (SSSR count). The van der Waals surface area contributed by atoms with Gasteiger partial charge in [-0.25, -0.2) is 0 Å². The van der Waals surface area contributed by atoms with E-state index in [4.69, 9.17) is 9.47 Å². The lowest BCUT2D eigenvalue weighted by atomic mass is 10.2. The number of amides is 1. The third-order valence-corrected chi connectivity index (χ3v) is 5.04. The molecule has 1 amide bonds. The van der Waals surface area contributed by atoms with Crippen LogP contribution >= 0.6 is 0 Å². The van der Waals surface area contributed by atoms with E-state index in [0.29, 0.717) is 32.8 Å². The van der Waals surface area contributed by atoms with Crippen LogP contribution in [0.5, 0.6) is 5.75 Å². The summed E-state index contributed by atoms with van der Waals surface area (Å²) in [7, 11) is 0. The maximum absolute atomic E-state index is 13.0. The molecule has 1 saturated heterocycles. The lowest BCUT2D eigenvalue weighted by molar-refractivity contribution is -0.133. The van der Waals surface area contributed by atoms with Crippen molar-refractivity contribution in [1.82, 2.24) is 19.6 Å². The molecule has 0 bridgehead atoms. The first kappa shape index (κ1) is 18.0. The zero-order valence-corrected chi connectivity index (χ0v) is 15.5. The molecular weight excluding hydrogens is 344 g/mol. The van der Waals surface area contributed by atoms with Crippen molar-refractivity contribution in [3.63, 3.8) is 0 Å². The molecule has 2 aliphatic heterocycles. The fourth-order valence-electron chi connectivity index (χ4n) is 3.66. The largest absolute Gasteiger partial charge is 0.492 e. The molecule has 2 aromatic rings. The molecule has 0 N–H and O–H groups in total. The summed E-state index contributed by atoms with van der Waals surface area (Å²) in [6, 6.07) is 9.96. The number of carbonyl (C=O) groups is 1. The summed E-state index contributed by atoms with van der Waals surface area (Å²) in [4.78, 5) is 17.1. The summed E-state index contributed by atoms with van der Waals surface area (Å²) in [5.74, 6) is 1.08. The second kappa shape index (κ2) is 8.54. The number of benzene rings is 1. The molecule has 0 spiro atoms. The van der Waals surface area contributed by atoms with Crippen LogP contribution in [-0.4, -0.2) is 71.0 Å². The highest BCUT2D eigenvalue weighted by molar-refractivity contribution is 5.78.